The van der Waals surface area contributed by atoms with Gasteiger partial charge in [-0.2, -0.15) is 0 Å². The molecule has 0 amide bonds. The molecule has 2 unspecified atom stereocenters. The second-order valence-corrected chi connectivity index (χ2v) is 7.89. The lowest BCUT2D eigenvalue weighted by Gasteiger charge is -2.23. The molecule has 10 heteroatoms. The van der Waals surface area contributed by atoms with Gasteiger partial charge < -0.3 is 5.11 Å². The van der Waals surface area contributed by atoms with Crippen LogP contribution >= 0.6 is 0 Å². The summed E-state index contributed by atoms with van der Waals surface area (Å²) in [6.45, 7) is 0. The van der Waals surface area contributed by atoms with Crippen LogP contribution in [0.15, 0.2) is 78.9 Å². The summed E-state index contributed by atoms with van der Waals surface area (Å²) in [6.07, 6.45) is 0. The molecule has 0 saturated carbocycles. The standard InChI is InChI=1S/C21H16N4O5S/c22-20-19(14-6-12-18(13-7-14)25(28)29)23(17-10-8-15(9-11-17)21(26)27)31(30)24(20)16-4-2-1-3-5-16/h1-13,19,22H,(H,26,27). The van der Waals surface area contributed by atoms with Crippen LogP contribution in [-0.2, 0) is 11.2 Å². The first kappa shape index (κ1) is 20.2. The Balaban J connectivity index is 1.81. The van der Waals surface area contributed by atoms with Crippen LogP contribution in [0.1, 0.15) is 22.0 Å². The largest absolute Gasteiger partial charge is 0.478 e. The van der Waals surface area contributed by atoms with Gasteiger partial charge in [-0.3, -0.25) is 19.8 Å². The summed E-state index contributed by atoms with van der Waals surface area (Å²) in [5, 5.41) is 28.9. The summed E-state index contributed by atoms with van der Waals surface area (Å²) in [5.74, 6) is -1.06. The van der Waals surface area contributed by atoms with Crippen LogP contribution in [0.2, 0.25) is 0 Å². The summed E-state index contributed by atoms with van der Waals surface area (Å²) < 4.78 is 16.4. The fraction of sp³-hybridized carbons (Fsp3) is 0.0476. The Kier molecular flexibility index (Phi) is 5.22. The number of carboxylic acid groups (broad SMARTS) is 1. The minimum absolute atomic E-state index is 0.0284. The van der Waals surface area contributed by atoms with E-state index >= 15 is 0 Å². The number of nitro benzene ring substituents is 1. The highest BCUT2D eigenvalue weighted by Crippen LogP contribution is 2.40. The van der Waals surface area contributed by atoms with E-state index in [0.717, 1.165) is 0 Å². The topological polar surface area (TPSA) is 128 Å². The van der Waals surface area contributed by atoms with E-state index in [2.05, 4.69) is 0 Å². The number of amidine groups is 1. The van der Waals surface area contributed by atoms with Crippen LogP contribution in [0.4, 0.5) is 17.1 Å². The average Bonchev–Trinajstić information content (AvgIpc) is 3.04. The molecule has 1 fully saturated rings. The maximum Gasteiger partial charge on any atom is 0.335 e. The molecule has 31 heavy (non-hydrogen) atoms. The number of nitrogens with one attached hydrogen (secondary N) is 1. The molecule has 0 aromatic heterocycles. The molecule has 156 valence electrons. The second-order valence-electron chi connectivity index (χ2n) is 6.67. The van der Waals surface area contributed by atoms with Crippen molar-refractivity contribution >= 4 is 40.0 Å². The third kappa shape index (κ3) is 3.64. The number of carboxylic acids is 1. The van der Waals surface area contributed by atoms with Crippen molar-refractivity contribution in [3.8, 4) is 0 Å². The average molecular weight is 436 g/mol. The Bertz CT molecular complexity index is 1110. The van der Waals surface area contributed by atoms with Gasteiger partial charge in [0.05, 0.1) is 21.9 Å². The van der Waals surface area contributed by atoms with Crippen molar-refractivity contribution in [1.82, 2.24) is 0 Å². The van der Waals surface area contributed by atoms with Crippen LogP contribution in [0.25, 0.3) is 0 Å². The number of hydrogen-bond acceptors (Lipinski definition) is 5. The van der Waals surface area contributed by atoms with Crippen LogP contribution in [0, 0.1) is 15.5 Å². The molecule has 1 aliphatic rings. The number of aromatic carboxylic acids is 1. The molecular formula is C21H16N4O5S. The maximum atomic E-state index is 13.5. The number of nitro groups is 1. The lowest BCUT2D eigenvalue weighted by Crippen LogP contribution is -2.27. The first-order valence-electron chi connectivity index (χ1n) is 9.11. The molecule has 1 saturated heterocycles. The molecule has 1 aliphatic heterocycles. The molecule has 0 bridgehead atoms. The van der Waals surface area contributed by atoms with Gasteiger partial charge in [-0.15, -0.1) is 0 Å². The zero-order chi connectivity index (χ0) is 22.1. The van der Waals surface area contributed by atoms with E-state index in [4.69, 9.17) is 10.5 Å². The Labute approximate surface area is 179 Å². The third-order valence-electron chi connectivity index (χ3n) is 4.82. The fourth-order valence-corrected chi connectivity index (χ4v) is 4.79. The van der Waals surface area contributed by atoms with E-state index in [1.165, 1.54) is 57.1 Å². The molecule has 1 heterocycles. The highest BCUT2D eigenvalue weighted by atomic mass is 32.2. The molecular weight excluding hydrogens is 420 g/mol. The summed E-state index contributed by atoms with van der Waals surface area (Å²) in [6, 6.07) is 19.6. The molecule has 2 N–H and O–H groups in total. The Morgan fingerprint density at radius 2 is 1.58 bits per heavy atom. The predicted octanol–water partition coefficient (Wildman–Crippen LogP) is 3.92. The molecule has 4 rings (SSSR count). The van der Waals surface area contributed by atoms with E-state index in [1.54, 1.807) is 24.3 Å². The number of anilines is 2. The quantitative estimate of drug-likeness (QED) is 0.463. The Hall–Kier alpha value is -4.05. The van der Waals surface area contributed by atoms with E-state index in [1.807, 2.05) is 6.07 Å². The van der Waals surface area contributed by atoms with Crippen molar-refractivity contribution in [3.05, 3.63) is 100 Å². The number of benzene rings is 3. The first-order chi connectivity index (χ1) is 14.9. The zero-order valence-corrected chi connectivity index (χ0v) is 16.7. The van der Waals surface area contributed by atoms with Crippen molar-refractivity contribution < 1.29 is 19.0 Å². The smallest absolute Gasteiger partial charge is 0.335 e. The van der Waals surface area contributed by atoms with Gasteiger partial charge in [0.2, 0.25) is 11.2 Å². The summed E-state index contributed by atoms with van der Waals surface area (Å²) in [7, 11) is 0. The number of nitrogens with zero attached hydrogens (tertiary/aromatic N) is 3. The molecule has 0 radical (unpaired) electrons. The molecule has 9 nitrogen and oxygen atoms in total. The predicted molar refractivity (Wildman–Crippen MR) is 117 cm³/mol. The van der Waals surface area contributed by atoms with Crippen LogP contribution in [-0.4, -0.2) is 26.0 Å². The summed E-state index contributed by atoms with van der Waals surface area (Å²) in [5.41, 5.74) is 1.55. The van der Waals surface area contributed by atoms with E-state index < -0.39 is 28.1 Å². The number of para-hydroxylation sites is 1. The van der Waals surface area contributed by atoms with E-state index in [-0.39, 0.29) is 17.1 Å². The van der Waals surface area contributed by atoms with Crippen molar-refractivity contribution in [1.29, 1.82) is 5.41 Å². The maximum absolute atomic E-state index is 13.5. The molecule has 0 aliphatic carbocycles. The van der Waals surface area contributed by atoms with Gasteiger partial charge in [0, 0.05) is 12.1 Å². The highest BCUT2D eigenvalue weighted by molar-refractivity contribution is 7.89. The van der Waals surface area contributed by atoms with Crippen molar-refractivity contribution in [2.45, 2.75) is 6.04 Å². The van der Waals surface area contributed by atoms with Gasteiger partial charge >= 0.3 is 5.97 Å². The van der Waals surface area contributed by atoms with Gasteiger partial charge in [-0.1, -0.05) is 18.2 Å². The SMILES string of the molecule is N=C1C(c2ccc([N+](=O)[O-])cc2)N(c2ccc(C(=O)O)cc2)S(=O)N1c1ccccc1. The first-order valence-corrected chi connectivity index (χ1v) is 10.2. The van der Waals surface area contributed by atoms with Crippen LogP contribution in [0.3, 0.4) is 0 Å². The molecule has 2 atom stereocenters. The zero-order valence-electron chi connectivity index (χ0n) is 15.9. The Morgan fingerprint density at radius 3 is 2.13 bits per heavy atom. The number of carbonyl (C=O) groups is 1. The van der Waals surface area contributed by atoms with Crippen LogP contribution in [0.5, 0.6) is 0 Å². The van der Waals surface area contributed by atoms with Crippen molar-refractivity contribution in [2.24, 2.45) is 0 Å². The highest BCUT2D eigenvalue weighted by Gasteiger charge is 2.44. The van der Waals surface area contributed by atoms with Crippen LogP contribution < -0.4 is 8.61 Å². The number of rotatable bonds is 5. The third-order valence-corrected chi connectivity index (χ3v) is 6.29. The van der Waals surface area contributed by atoms with Gasteiger partial charge in [0.15, 0.2) is 0 Å². The van der Waals surface area contributed by atoms with Crippen molar-refractivity contribution in [2.75, 3.05) is 8.61 Å². The lowest BCUT2D eigenvalue weighted by atomic mass is 10.0. The number of non-ortho nitro benzene ring substituents is 1. The van der Waals surface area contributed by atoms with Gasteiger partial charge in [0.25, 0.3) is 5.69 Å². The van der Waals surface area contributed by atoms with E-state index in [0.29, 0.717) is 16.9 Å². The monoisotopic (exact) mass is 436 g/mol. The van der Waals surface area contributed by atoms with Gasteiger partial charge in [-0.05, 0) is 54.1 Å². The molecule has 0 spiro atoms. The van der Waals surface area contributed by atoms with E-state index in [9.17, 15) is 19.1 Å². The minimum atomic E-state index is -1.83. The van der Waals surface area contributed by atoms with Crippen molar-refractivity contribution in [3.63, 3.8) is 0 Å². The lowest BCUT2D eigenvalue weighted by molar-refractivity contribution is -0.384. The number of hydrogen-bond donors (Lipinski definition) is 2. The Morgan fingerprint density at radius 1 is 0.968 bits per heavy atom. The molecule has 3 aromatic carbocycles. The summed E-state index contributed by atoms with van der Waals surface area (Å²) in [4.78, 5) is 21.7. The fourth-order valence-electron chi connectivity index (χ4n) is 3.34. The minimum Gasteiger partial charge on any atom is -0.478 e. The van der Waals surface area contributed by atoms with Gasteiger partial charge in [0.1, 0.15) is 11.9 Å². The molecule has 3 aromatic rings. The normalized spacial score (nSPS) is 18.3. The second kappa shape index (κ2) is 8.00. The summed E-state index contributed by atoms with van der Waals surface area (Å²) >= 11 is -1.83. The van der Waals surface area contributed by atoms with Gasteiger partial charge in [-0.25, -0.2) is 13.3 Å².